The molecular weight excluding hydrogens is 744 g/mol. The third-order valence-corrected chi connectivity index (χ3v) is 17.4. The number of rotatable bonds is 7. The van der Waals surface area contributed by atoms with E-state index in [0.29, 0.717) is 25.7 Å². The summed E-state index contributed by atoms with van der Waals surface area (Å²) in [5, 5.41) is 96.4. The minimum absolute atomic E-state index is 0.0634. The first-order chi connectivity index (χ1) is 26.7. The average molecular weight is 811 g/mol. The Morgan fingerprint density at radius 3 is 2.02 bits per heavy atom. The van der Waals surface area contributed by atoms with Gasteiger partial charge in [-0.05, 0) is 104 Å². The fraction of sp³-hybridized carbons (Fsp3) is 0.905. The molecule has 7 aliphatic rings. The topological polar surface area (TPSA) is 253 Å². The van der Waals surface area contributed by atoms with Gasteiger partial charge >= 0.3 is 11.9 Å². The summed E-state index contributed by atoms with van der Waals surface area (Å²) in [4.78, 5) is 29.2. The number of carbonyl (C=O) groups excluding carboxylic acids is 1. The van der Waals surface area contributed by atoms with E-state index in [1.54, 1.807) is 0 Å². The van der Waals surface area contributed by atoms with Crippen molar-refractivity contribution in [1.82, 2.24) is 0 Å². The molecule has 7 rings (SSSR count). The maximum absolute atomic E-state index is 15.8. The van der Waals surface area contributed by atoms with Gasteiger partial charge in [-0.15, -0.1) is 0 Å². The fourth-order valence-corrected chi connectivity index (χ4v) is 13.8. The number of fused-ring (bicyclic) bond motifs is 7. The Bertz CT molecular complexity index is 1570. The number of hydrogen-bond acceptors (Lipinski definition) is 14. The van der Waals surface area contributed by atoms with Gasteiger partial charge in [0.05, 0.1) is 30.1 Å². The Labute approximate surface area is 334 Å². The van der Waals surface area contributed by atoms with Crippen LogP contribution in [0.5, 0.6) is 0 Å². The summed E-state index contributed by atoms with van der Waals surface area (Å²) in [5.41, 5.74) is -3.16. The standard InChI is InChI=1S/C42H66O15/c1-19-9-14-41(36(51)52)15-16-42(21(27(41)20(19)2)7-8-25-39(5)12-11-26(45)38(3,4)24(39)10-13-40(25,42)6)37(53)57-35-33(31(49)29(47)23(18-44)55-35)56-34-32(50)30(48)28(46)22(17-43)54-34/h7,19-20,22-35,43-50H,8-18H2,1-6H3,(H,51,52)/t19-,20+,22-,23-,24-,25-,26+,27-,28-,29-,30+,31+,32-,33-,34+,35+,39+,40-,41+,42-/m1/s1. The van der Waals surface area contributed by atoms with Crippen LogP contribution in [0.1, 0.15) is 99.3 Å². The third-order valence-electron chi connectivity index (χ3n) is 17.4. The van der Waals surface area contributed by atoms with Gasteiger partial charge in [0.25, 0.3) is 0 Å². The maximum atomic E-state index is 15.8. The third kappa shape index (κ3) is 6.14. The van der Waals surface area contributed by atoms with E-state index >= 15 is 4.79 Å². The zero-order valence-corrected chi connectivity index (χ0v) is 34.1. The zero-order valence-electron chi connectivity index (χ0n) is 34.1. The highest BCUT2D eigenvalue weighted by Gasteiger charge is 2.74. The lowest BCUT2D eigenvalue weighted by atomic mass is 9.33. The number of allylic oxidation sites excluding steroid dienone is 1. The first kappa shape index (κ1) is 43.3. The summed E-state index contributed by atoms with van der Waals surface area (Å²) in [6.45, 7) is 11.3. The van der Waals surface area contributed by atoms with Crippen molar-refractivity contribution in [3.8, 4) is 0 Å². The van der Waals surface area contributed by atoms with Gasteiger partial charge in [0.15, 0.2) is 12.4 Å². The lowest BCUT2D eigenvalue weighted by Gasteiger charge is -2.70. The predicted octanol–water partition coefficient (Wildman–Crippen LogP) is 1.24. The Morgan fingerprint density at radius 1 is 0.754 bits per heavy atom. The van der Waals surface area contributed by atoms with Gasteiger partial charge < -0.3 is 64.9 Å². The highest BCUT2D eigenvalue weighted by Crippen LogP contribution is 2.76. The van der Waals surface area contributed by atoms with Gasteiger partial charge in [-0.3, -0.25) is 9.59 Å². The van der Waals surface area contributed by atoms with Crippen LogP contribution in [0, 0.1) is 56.7 Å². The van der Waals surface area contributed by atoms with Crippen molar-refractivity contribution in [1.29, 1.82) is 0 Å². The van der Waals surface area contributed by atoms with Crippen molar-refractivity contribution >= 4 is 11.9 Å². The van der Waals surface area contributed by atoms with E-state index in [-0.39, 0.29) is 47.3 Å². The normalized spacial score (nSPS) is 53.3. The van der Waals surface area contributed by atoms with Crippen LogP contribution in [-0.4, -0.2) is 139 Å². The number of aliphatic hydroxyl groups excluding tert-OH is 8. The highest BCUT2D eigenvalue weighted by molar-refractivity contribution is 5.85. The second-order valence-electron chi connectivity index (χ2n) is 20.0. The van der Waals surface area contributed by atoms with Crippen molar-refractivity contribution in [2.24, 2.45) is 56.7 Å². The second kappa shape index (κ2) is 15.0. The Kier molecular flexibility index (Phi) is 11.4. The second-order valence-corrected chi connectivity index (χ2v) is 20.0. The van der Waals surface area contributed by atoms with Crippen LogP contribution < -0.4 is 0 Å². The van der Waals surface area contributed by atoms with E-state index in [4.69, 9.17) is 18.9 Å². The van der Waals surface area contributed by atoms with Crippen molar-refractivity contribution in [3.05, 3.63) is 11.6 Å². The van der Waals surface area contributed by atoms with E-state index < -0.39 is 115 Å². The van der Waals surface area contributed by atoms with E-state index in [9.17, 15) is 50.8 Å². The number of carbonyl (C=O) groups is 2. The maximum Gasteiger partial charge on any atom is 0.319 e. The minimum Gasteiger partial charge on any atom is -0.481 e. The van der Waals surface area contributed by atoms with Crippen LogP contribution in [0.2, 0.25) is 0 Å². The van der Waals surface area contributed by atoms with E-state index in [1.807, 2.05) is 0 Å². The molecular formula is C42H66O15. The quantitative estimate of drug-likeness (QED) is 0.130. The molecule has 2 saturated heterocycles. The zero-order chi connectivity index (χ0) is 41.8. The van der Waals surface area contributed by atoms with Crippen molar-refractivity contribution in [2.45, 2.75) is 167 Å². The summed E-state index contributed by atoms with van der Waals surface area (Å²) >= 11 is 0. The fourth-order valence-electron chi connectivity index (χ4n) is 13.8. The Balaban J connectivity index is 1.33. The summed E-state index contributed by atoms with van der Waals surface area (Å²) in [7, 11) is 0. The molecule has 0 aromatic heterocycles. The van der Waals surface area contributed by atoms with Crippen LogP contribution in [-0.2, 0) is 28.5 Å². The van der Waals surface area contributed by atoms with E-state index in [2.05, 4.69) is 47.6 Å². The summed E-state index contributed by atoms with van der Waals surface area (Å²) in [6.07, 6.45) is -10.7. The molecule has 5 aliphatic carbocycles. The van der Waals surface area contributed by atoms with Crippen molar-refractivity contribution in [3.63, 3.8) is 0 Å². The number of carboxylic acid groups (broad SMARTS) is 1. The number of esters is 1. The molecule has 4 saturated carbocycles. The van der Waals surface area contributed by atoms with Crippen LogP contribution >= 0.6 is 0 Å². The molecule has 15 heteroatoms. The van der Waals surface area contributed by atoms with Gasteiger partial charge in [0.1, 0.15) is 42.7 Å². The molecule has 9 N–H and O–H groups in total. The monoisotopic (exact) mass is 810 g/mol. The van der Waals surface area contributed by atoms with E-state index in [0.717, 1.165) is 24.8 Å². The van der Waals surface area contributed by atoms with Crippen LogP contribution in [0.25, 0.3) is 0 Å². The predicted molar refractivity (Wildman–Crippen MR) is 199 cm³/mol. The number of carboxylic acids is 1. The highest BCUT2D eigenvalue weighted by atomic mass is 16.8. The smallest absolute Gasteiger partial charge is 0.319 e. The molecule has 57 heavy (non-hydrogen) atoms. The van der Waals surface area contributed by atoms with Crippen LogP contribution in [0.3, 0.4) is 0 Å². The Hall–Kier alpha value is -1.76. The lowest BCUT2D eigenvalue weighted by Crippen LogP contribution is -2.69. The molecule has 0 radical (unpaired) electrons. The molecule has 0 spiro atoms. The molecule has 6 fully saturated rings. The summed E-state index contributed by atoms with van der Waals surface area (Å²) in [6, 6.07) is 0. The molecule has 0 aromatic carbocycles. The number of hydrogen-bond donors (Lipinski definition) is 9. The molecule has 324 valence electrons. The van der Waals surface area contributed by atoms with Gasteiger partial charge in [0.2, 0.25) is 6.29 Å². The molecule has 0 aromatic rings. The molecule has 0 bridgehead atoms. The van der Waals surface area contributed by atoms with Gasteiger partial charge in [-0.25, -0.2) is 0 Å². The number of ether oxygens (including phenoxy) is 4. The molecule has 0 amide bonds. The van der Waals surface area contributed by atoms with Gasteiger partial charge in [0, 0.05) is 0 Å². The molecule has 20 atom stereocenters. The lowest BCUT2D eigenvalue weighted by molar-refractivity contribution is -0.364. The SMILES string of the molecule is C[C@H]1[C@H](C)CC[C@]2(C(=O)O)CC[C@]3(C(=O)O[C@@H]4O[C@H](CO)[C@@H](O)[C@H](O)[C@H]4O[C@@H]4O[C@H](CO)[C@@H](O)[C@H](O)[C@H]4O)C(=CC[C@@H]4[C@@]5(C)CC[C@H](O)C(C)(C)[C@H]5CC[C@]43C)[C@@H]12. The van der Waals surface area contributed by atoms with E-state index in [1.165, 1.54) is 0 Å². The molecule has 2 heterocycles. The molecule has 2 aliphatic heterocycles. The molecule has 0 unspecified atom stereocenters. The minimum atomic E-state index is -1.89. The van der Waals surface area contributed by atoms with Gasteiger partial charge in [-0.2, -0.15) is 0 Å². The summed E-state index contributed by atoms with van der Waals surface area (Å²) < 4.78 is 23.9. The molecule has 15 nitrogen and oxygen atoms in total. The van der Waals surface area contributed by atoms with Crippen molar-refractivity contribution in [2.75, 3.05) is 13.2 Å². The largest absolute Gasteiger partial charge is 0.481 e. The van der Waals surface area contributed by atoms with Crippen LogP contribution in [0.15, 0.2) is 11.6 Å². The Morgan fingerprint density at radius 2 is 1.39 bits per heavy atom. The van der Waals surface area contributed by atoms with Crippen molar-refractivity contribution < 1.29 is 74.5 Å². The number of aliphatic carboxylic acids is 1. The van der Waals surface area contributed by atoms with Gasteiger partial charge in [-0.1, -0.05) is 53.2 Å². The average Bonchev–Trinajstić information content (AvgIpc) is 3.16. The first-order valence-electron chi connectivity index (χ1n) is 21.1. The number of aliphatic hydroxyl groups is 8. The summed E-state index contributed by atoms with van der Waals surface area (Å²) in [5.74, 6) is -1.92. The van der Waals surface area contributed by atoms with Crippen LogP contribution in [0.4, 0.5) is 0 Å². The first-order valence-corrected chi connectivity index (χ1v) is 21.1.